The van der Waals surface area contributed by atoms with Crippen molar-refractivity contribution < 1.29 is 4.79 Å². The van der Waals surface area contributed by atoms with Gasteiger partial charge in [0.15, 0.2) is 0 Å². The Labute approximate surface area is 81.1 Å². The lowest BCUT2D eigenvalue weighted by atomic mass is 10.1. The van der Waals surface area contributed by atoms with Gasteiger partial charge in [-0.05, 0) is 32.4 Å². The molecule has 13 heavy (non-hydrogen) atoms. The van der Waals surface area contributed by atoms with Crippen LogP contribution < -0.4 is 5.32 Å². The van der Waals surface area contributed by atoms with E-state index < -0.39 is 0 Å². The number of ketones is 1. The molecule has 0 radical (unpaired) electrons. The number of carbonyl (C=O) groups excluding carboxylic acids is 1. The zero-order valence-electron chi connectivity index (χ0n) is 8.48. The van der Waals surface area contributed by atoms with Gasteiger partial charge in [-0.15, -0.1) is 0 Å². The lowest BCUT2D eigenvalue weighted by molar-refractivity contribution is -0.119. The zero-order chi connectivity index (χ0) is 9.36. The lowest BCUT2D eigenvalue weighted by Crippen LogP contribution is -2.18. The van der Waals surface area contributed by atoms with Gasteiger partial charge in [0, 0.05) is 12.8 Å². The highest BCUT2D eigenvalue weighted by atomic mass is 16.1. The Morgan fingerprint density at radius 1 is 0.769 bits per heavy atom. The van der Waals surface area contributed by atoms with Crippen molar-refractivity contribution in [2.75, 3.05) is 13.1 Å². The van der Waals surface area contributed by atoms with Gasteiger partial charge in [-0.3, -0.25) is 4.79 Å². The second-order valence-electron chi connectivity index (χ2n) is 3.91. The number of carbonyl (C=O) groups is 1. The van der Waals surface area contributed by atoms with Gasteiger partial charge in [0.05, 0.1) is 0 Å². The number of hydrogen-bond donors (Lipinski definition) is 1. The van der Waals surface area contributed by atoms with Crippen LogP contribution in [0.2, 0.25) is 0 Å². The molecule has 0 saturated carbocycles. The maximum Gasteiger partial charge on any atom is 0.132 e. The van der Waals surface area contributed by atoms with Gasteiger partial charge in [0.2, 0.25) is 0 Å². The summed E-state index contributed by atoms with van der Waals surface area (Å²) in [5.41, 5.74) is 0. The third-order valence-electron chi connectivity index (χ3n) is 2.62. The van der Waals surface area contributed by atoms with Crippen LogP contribution in [0.3, 0.4) is 0 Å². The molecule has 1 aliphatic heterocycles. The minimum Gasteiger partial charge on any atom is -0.317 e. The van der Waals surface area contributed by atoms with E-state index in [9.17, 15) is 4.79 Å². The Morgan fingerprint density at radius 3 is 2.31 bits per heavy atom. The van der Waals surface area contributed by atoms with Crippen LogP contribution in [0.15, 0.2) is 0 Å². The first-order valence-electron chi connectivity index (χ1n) is 5.62. The molecule has 1 N–H and O–H groups in total. The van der Waals surface area contributed by atoms with Crippen molar-refractivity contribution in [3.05, 3.63) is 0 Å². The van der Waals surface area contributed by atoms with Gasteiger partial charge in [0.1, 0.15) is 5.78 Å². The van der Waals surface area contributed by atoms with Crippen LogP contribution in [-0.4, -0.2) is 18.9 Å². The van der Waals surface area contributed by atoms with Crippen LogP contribution in [0.1, 0.15) is 51.4 Å². The summed E-state index contributed by atoms with van der Waals surface area (Å²) in [5.74, 6) is 0.461. The SMILES string of the molecule is O=C1CCCCCCCNCCC1. The van der Waals surface area contributed by atoms with Gasteiger partial charge in [-0.25, -0.2) is 0 Å². The van der Waals surface area contributed by atoms with Crippen molar-refractivity contribution in [1.82, 2.24) is 5.32 Å². The maximum atomic E-state index is 11.3. The Hall–Kier alpha value is -0.370. The van der Waals surface area contributed by atoms with E-state index in [1.165, 1.54) is 25.7 Å². The highest BCUT2D eigenvalue weighted by Crippen LogP contribution is 2.08. The fourth-order valence-electron chi connectivity index (χ4n) is 1.76. The predicted molar refractivity (Wildman–Crippen MR) is 54.8 cm³/mol. The largest absolute Gasteiger partial charge is 0.317 e. The van der Waals surface area contributed by atoms with Gasteiger partial charge in [0.25, 0.3) is 0 Å². The summed E-state index contributed by atoms with van der Waals surface area (Å²) >= 11 is 0. The summed E-state index contributed by atoms with van der Waals surface area (Å²) in [6.45, 7) is 2.15. The molecule has 1 fully saturated rings. The molecule has 0 aromatic heterocycles. The third-order valence-corrected chi connectivity index (χ3v) is 2.62. The van der Waals surface area contributed by atoms with Crippen molar-refractivity contribution in [3.8, 4) is 0 Å². The van der Waals surface area contributed by atoms with E-state index in [4.69, 9.17) is 0 Å². The van der Waals surface area contributed by atoms with Crippen LogP contribution in [0.25, 0.3) is 0 Å². The zero-order valence-corrected chi connectivity index (χ0v) is 8.48. The predicted octanol–water partition coefficient (Wildman–Crippen LogP) is 2.28. The van der Waals surface area contributed by atoms with E-state index in [1.807, 2.05) is 0 Å². The van der Waals surface area contributed by atoms with Crippen LogP contribution in [0, 0.1) is 0 Å². The molecule has 1 heterocycles. The van der Waals surface area contributed by atoms with Crippen molar-refractivity contribution in [2.45, 2.75) is 51.4 Å². The molecule has 0 amide bonds. The second-order valence-corrected chi connectivity index (χ2v) is 3.91. The van der Waals surface area contributed by atoms with E-state index in [0.717, 1.165) is 38.8 Å². The van der Waals surface area contributed by atoms with Gasteiger partial charge in [-0.1, -0.05) is 19.3 Å². The van der Waals surface area contributed by atoms with Crippen LogP contribution in [0.5, 0.6) is 0 Å². The summed E-state index contributed by atoms with van der Waals surface area (Å²) in [6, 6.07) is 0. The Balaban J connectivity index is 2.14. The summed E-state index contributed by atoms with van der Waals surface area (Å²) in [6.07, 6.45) is 8.91. The summed E-state index contributed by atoms with van der Waals surface area (Å²) in [5, 5.41) is 3.37. The van der Waals surface area contributed by atoms with E-state index >= 15 is 0 Å². The molecular weight excluding hydrogens is 162 g/mol. The first-order valence-corrected chi connectivity index (χ1v) is 5.62. The van der Waals surface area contributed by atoms with Gasteiger partial charge in [-0.2, -0.15) is 0 Å². The van der Waals surface area contributed by atoms with E-state index in [1.54, 1.807) is 0 Å². The van der Waals surface area contributed by atoms with Crippen LogP contribution >= 0.6 is 0 Å². The summed E-state index contributed by atoms with van der Waals surface area (Å²) in [4.78, 5) is 11.3. The molecule has 76 valence electrons. The molecule has 0 spiro atoms. The fourth-order valence-corrected chi connectivity index (χ4v) is 1.76. The van der Waals surface area contributed by atoms with Gasteiger partial charge < -0.3 is 5.32 Å². The smallest absolute Gasteiger partial charge is 0.132 e. The first-order chi connectivity index (χ1) is 6.39. The minimum atomic E-state index is 0.461. The summed E-state index contributed by atoms with van der Waals surface area (Å²) < 4.78 is 0. The molecule has 0 bridgehead atoms. The second kappa shape index (κ2) is 7.07. The summed E-state index contributed by atoms with van der Waals surface area (Å²) in [7, 11) is 0. The normalized spacial score (nSPS) is 23.2. The Morgan fingerprint density at radius 2 is 1.38 bits per heavy atom. The lowest BCUT2D eigenvalue weighted by Gasteiger charge is -2.07. The molecular formula is C11H21NO. The molecule has 0 aromatic carbocycles. The topological polar surface area (TPSA) is 29.1 Å². The van der Waals surface area contributed by atoms with E-state index in [-0.39, 0.29) is 0 Å². The monoisotopic (exact) mass is 183 g/mol. The minimum absolute atomic E-state index is 0.461. The van der Waals surface area contributed by atoms with E-state index in [2.05, 4.69) is 5.32 Å². The molecule has 0 atom stereocenters. The third kappa shape index (κ3) is 5.81. The van der Waals surface area contributed by atoms with Gasteiger partial charge >= 0.3 is 0 Å². The highest BCUT2D eigenvalue weighted by Gasteiger charge is 2.02. The molecule has 2 heteroatoms. The van der Waals surface area contributed by atoms with Crippen LogP contribution in [-0.2, 0) is 4.79 Å². The number of hydrogen-bond acceptors (Lipinski definition) is 2. The average molecular weight is 183 g/mol. The molecule has 0 unspecified atom stereocenters. The molecule has 1 saturated heterocycles. The Bertz CT molecular complexity index is 131. The highest BCUT2D eigenvalue weighted by molar-refractivity contribution is 5.78. The van der Waals surface area contributed by atoms with Crippen molar-refractivity contribution in [3.63, 3.8) is 0 Å². The van der Waals surface area contributed by atoms with E-state index in [0.29, 0.717) is 5.78 Å². The standard InChI is InChI=1S/C11H21NO/c13-11-7-4-2-1-3-5-9-12-10-6-8-11/h12H,1-10H2. The fraction of sp³-hybridized carbons (Fsp3) is 0.909. The number of rotatable bonds is 0. The molecule has 2 nitrogen and oxygen atoms in total. The molecule has 1 aliphatic rings. The number of Topliss-reactive ketones (excluding diaryl/α,β-unsaturated/α-hetero) is 1. The maximum absolute atomic E-state index is 11.3. The first kappa shape index (κ1) is 10.7. The Kier molecular flexibility index (Phi) is 5.83. The average Bonchev–Trinajstić information content (AvgIpc) is 2.11. The van der Waals surface area contributed by atoms with Crippen LogP contribution in [0.4, 0.5) is 0 Å². The van der Waals surface area contributed by atoms with Crippen molar-refractivity contribution in [2.24, 2.45) is 0 Å². The molecule has 0 aromatic rings. The quantitative estimate of drug-likeness (QED) is 0.624. The molecule has 0 aliphatic carbocycles. The molecule has 1 rings (SSSR count). The number of nitrogens with one attached hydrogen (secondary N) is 1. The van der Waals surface area contributed by atoms with Crippen molar-refractivity contribution >= 4 is 5.78 Å². The van der Waals surface area contributed by atoms with Crippen molar-refractivity contribution in [1.29, 1.82) is 0 Å².